The Balaban J connectivity index is 1.91. The second kappa shape index (κ2) is 4.21. The summed E-state index contributed by atoms with van der Waals surface area (Å²) >= 11 is 0. The molecule has 0 aliphatic heterocycles. The third-order valence-corrected chi connectivity index (χ3v) is 3.43. The van der Waals surface area contributed by atoms with Crippen LogP contribution in [0.2, 0.25) is 0 Å². The molecule has 0 saturated carbocycles. The zero-order valence-electron chi connectivity index (χ0n) is 11.0. The number of nitrogen functional groups attached to an aromatic ring is 1. The first kappa shape index (κ1) is 11.7. The van der Waals surface area contributed by atoms with Crippen molar-refractivity contribution in [3.8, 4) is 0 Å². The van der Waals surface area contributed by atoms with Gasteiger partial charge in [0.15, 0.2) is 5.76 Å². The van der Waals surface area contributed by atoms with Crippen LogP contribution in [-0.2, 0) is 0 Å². The van der Waals surface area contributed by atoms with Crippen molar-refractivity contribution >= 4 is 33.9 Å². The van der Waals surface area contributed by atoms with Crippen LogP contribution in [0.1, 0.15) is 10.6 Å². The summed E-state index contributed by atoms with van der Waals surface area (Å²) in [6, 6.07) is 16.5. The molecule has 2 heterocycles. The van der Waals surface area contributed by atoms with Crippen molar-refractivity contribution in [2.24, 2.45) is 0 Å². The van der Waals surface area contributed by atoms with Crippen molar-refractivity contribution in [2.75, 3.05) is 5.73 Å². The standard InChI is InChI=1S/C16H11N3O2/c17-16-18-11-6-2-3-7-12(11)19(16)15(20)14-9-10-5-1-4-8-13(10)21-14/h1-9H,(H2,17,18). The van der Waals surface area contributed by atoms with Crippen LogP contribution >= 0.6 is 0 Å². The van der Waals surface area contributed by atoms with Gasteiger partial charge in [-0.05, 0) is 24.3 Å². The molecule has 0 aliphatic carbocycles. The van der Waals surface area contributed by atoms with E-state index in [0.29, 0.717) is 16.6 Å². The summed E-state index contributed by atoms with van der Waals surface area (Å²) in [5.41, 5.74) is 7.89. The van der Waals surface area contributed by atoms with Crippen LogP contribution in [0.3, 0.4) is 0 Å². The monoisotopic (exact) mass is 277 g/mol. The first-order chi connectivity index (χ1) is 10.2. The molecule has 0 aliphatic rings. The number of furan rings is 1. The van der Waals surface area contributed by atoms with Crippen molar-refractivity contribution < 1.29 is 9.21 Å². The van der Waals surface area contributed by atoms with Gasteiger partial charge in [0.1, 0.15) is 5.58 Å². The van der Waals surface area contributed by atoms with Gasteiger partial charge >= 0.3 is 5.91 Å². The smallest absolute Gasteiger partial charge is 0.300 e. The number of nitrogens with two attached hydrogens (primary N) is 1. The topological polar surface area (TPSA) is 74.0 Å². The second-order valence-electron chi connectivity index (χ2n) is 4.75. The van der Waals surface area contributed by atoms with Crippen molar-refractivity contribution in [1.82, 2.24) is 9.55 Å². The molecule has 2 aromatic carbocycles. The molecule has 0 radical (unpaired) electrons. The van der Waals surface area contributed by atoms with E-state index >= 15 is 0 Å². The number of carbonyl (C=O) groups is 1. The summed E-state index contributed by atoms with van der Waals surface area (Å²) in [5, 5.41) is 0.879. The SMILES string of the molecule is Nc1nc2ccccc2n1C(=O)c1cc2ccccc2o1. The van der Waals surface area contributed by atoms with Crippen molar-refractivity contribution in [2.45, 2.75) is 0 Å². The molecule has 21 heavy (non-hydrogen) atoms. The van der Waals surface area contributed by atoms with E-state index in [0.717, 1.165) is 5.39 Å². The molecule has 0 saturated heterocycles. The third kappa shape index (κ3) is 1.71. The van der Waals surface area contributed by atoms with E-state index in [-0.39, 0.29) is 17.6 Å². The summed E-state index contributed by atoms with van der Waals surface area (Å²) in [6.07, 6.45) is 0. The molecule has 4 aromatic rings. The number of benzene rings is 2. The van der Waals surface area contributed by atoms with E-state index in [1.165, 1.54) is 4.57 Å². The van der Waals surface area contributed by atoms with Crippen LogP contribution in [-0.4, -0.2) is 15.5 Å². The van der Waals surface area contributed by atoms with Crippen molar-refractivity contribution in [1.29, 1.82) is 0 Å². The van der Waals surface area contributed by atoms with E-state index in [2.05, 4.69) is 4.98 Å². The fourth-order valence-corrected chi connectivity index (χ4v) is 2.46. The fraction of sp³-hybridized carbons (Fsp3) is 0. The predicted molar refractivity (Wildman–Crippen MR) is 80.1 cm³/mol. The zero-order chi connectivity index (χ0) is 14.4. The van der Waals surface area contributed by atoms with E-state index in [1.807, 2.05) is 42.5 Å². The highest BCUT2D eigenvalue weighted by Gasteiger charge is 2.19. The lowest BCUT2D eigenvalue weighted by atomic mass is 10.2. The van der Waals surface area contributed by atoms with Gasteiger partial charge in [-0.25, -0.2) is 9.55 Å². The Kier molecular flexibility index (Phi) is 2.35. The minimum Gasteiger partial charge on any atom is -0.451 e. The van der Waals surface area contributed by atoms with Crippen LogP contribution in [0.5, 0.6) is 0 Å². The van der Waals surface area contributed by atoms with Gasteiger partial charge in [0.25, 0.3) is 0 Å². The van der Waals surface area contributed by atoms with Crippen molar-refractivity contribution in [3.05, 3.63) is 60.4 Å². The Labute approximate surface area is 119 Å². The van der Waals surface area contributed by atoms with Gasteiger partial charge in [-0.2, -0.15) is 0 Å². The number of nitrogens with zero attached hydrogens (tertiary/aromatic N) is 2. The number of fused-ring (bicyclic) bond motifs is 2. The molecule has 102 valence electrons. The lowest BCUT2D eigenvalue weighted by Crippen LogP contribution is -2.13. The first-order valence-corrected chi connectivity index (χ1v) is 6.50. The van der Waals surface area contributed by atoms with Gasteiger partial charge in [-0.3, -0.25) is 4.79 Å². The maximum atomic E-state index is 12.7. The molecule has 2 aromatic heterocycles. The second-order valence-corrected chi connectivity index (χ2v) is 4.75. The largest absolute Gasteiger partial charge is 0.451 e. The van der Waals surface area contributed by atoms with Crippen LogP contribution in [0.15, 0.2) is 59.0 Å². The molecule has 5 heteroatoms. The minimum atomic E-state index is -0.322. The van der Waals surface area contributed by atoms with Crippen LogP contribution < -0.4 is 5.73 Å². The molecular formula is C16H11N3O2. The first-order valence-electron chi connectivity index (χ1n) is 6.50. The van der Waals surface area contributed by atoms with Gasteiger partial charge < -0.3 is 10.2 Å². The number of anilines is 1. The Morgan fingerprint density at radius 3 is 2.71 bits per heavy atom. The Morgan fingerprint density at radius 1 is 1.10 bits per heavy atom. The highest BCUT2D eigenvalue weighted by atomic mass is 16.3. The third-order valence-electron chi connectivity index (χ3n) is 3.43. The lowest BCUT2D eigenvalue weighted by molar-refractivity contribution is 0.0942. The van der Waals surface area contributed by atoms with Gasteiger partial charge in [-0.15, -0.1) is 0 Å². The summed E-state index contributed by atoms with van der Waals surface area (Å²) < 4.78 is 6.97. The van der Waals surface area contributed by atoms with Gasteiger partial charge in [0, 0.05) is 5.39 Å². The number of para-hydroxylation sites is 3. The highest BCUT2D eigenvalue weighted by molar-refractivity contribution is 6.03. The van der Waals surface area contributed by atoms with Crippen molar-refractivity contribution in [3.63, 3.8) is 0 Å². The Morgan fingerprint density at radius 2 is 1.86 bits per heavy atom. The average Bonchev–Trinajstić information content (AvgIpc) is 3.06. The molecule has 0 atom stereocenters. The number of hydrogen-bond donors (Lipinski definition) is 1. The minimum absolute atomic E-state index is 0.154. The van der Waals surface area contributed by atoms with Crippen LogP contribution in [0.4, 0.5) is 5.95 Å². The number of imidazole rings is 1. The molecule has 2 N–H and O–H groups in total. The van der Waals surface area contributed by atoms with E-state index in [1.54, 1.807) is 12.1 Å². The fourth-order valence-electron chi connectivity index (χ4n) is 2.46. The number of hydrogen-bond acceptors (Lipinski definition) is 4. The number of rotatable bonds is 1. The molecule has 0 amide bonds. The van der Waals surface area contributed by atoms with Crippen LogP contribution in [0.25, 0.3) is 22.0 Å². The van der Waals surface area contributed by atoms with E-state index in [4.69, 9.17) is 10.2 Å². The van der Waals surface area contributed by atoms with E-state index in [9.17, 15) is 4.79 Å². The molecule has 0 unspecified atom stereocenters. The average molecular weight is 277 g/mol. The zero-order valence-corrected chi connectivity index (χ0v) is 11.0. The van der Waals surface area contributed by atoms with Crippen LogP contribution in [0, 0.1) is 0 Å². The normalized spacial score (nSPS) is 11.2. The van der Waals surface area contributed by atoms with Gasteiger partial charge in [-0.1, -0.05) is 30.3 Å². The Hall–Kier alpha value is -3.08. The quantitative estimate of drug-likeness (QED) is 0.580. The molecular weight excluding hydrogens is 266 g/mol. The maximum absolute atomic E-state index is 12.7. The summed E-state index contributed by atoms with van der Waals surface area (Å²) in [7, 11) is 0. The number of aromatic nitrogens is 2. The molecule has 4 rings (SSSR count). The molecule has 0 fully saturated rings. The lowest BCUT2D eigenvalue weighted by Gasteiger charge is -2.01. The maximum Gasteiger partial charge on any atom is 0.300 e. The van der Waals surface area contributed by atoms with Gasteiger partial charge in [0.2, 0.25) is 5.95 Å². The number of carbonyl (C=O) groups excluding carboxylic acids is 1. The Bertz CT molecular complexity index is 948. The van der Waals surface area contributed by atoms with E-state index < -0.39 is 0 Å². The summed E-state index contributed by atoms with van der Waals surface area (Å²) in [5.74, 6) is 0.0742. The predicted octanol–water partition coefficient (Wildman–Crippen LogP) is 3.05. The van der Waals surface area contributed by atoms with Gasteiger partial charge in [0.05, 0.1) is 11.0 Å². The molecule has 5 nitrogen and oxygen atoms in total. The summed E-state index contributed by atoms with van der Waals surface area (Å²) in [4.78, 5) is 16.9. The molecule has 0 spiro atoms. The molecule has 0 bridgehead atoms. The summed E-state index contributed by atoms with van der Waals surface area (Å²) in [6.45, 7) is 0. The highest BCUT2D eigenvalue weighted by Crippen LogP contribution is 2.23.